The summed E-state index contributed by atoms with van der Waals surface area (Å²) in [6, 6.07) is 16.9. The van der Waals surface area contributed by atoms with E-state index in [1.807, 2.05) is 30.3 Å². The van der Waals surface area contributed by atoms with Crippen LogP contribution in [0, 0.1) is 5.41 Å². The van der Waals surface area contributed by atoms with Crippen molar-refractivity contribution < 1.29 is 32.2 Å². The van der Waals surface area contributed by atoms with Crippen LogP contribution in [0.5, 0.6) is 11.6 Å². The van der Waals surface area contributed by atoms with Gasteiger partial charge in [0.05, 0.1) is 24.4 Å². The van der Waals surface area contributed by atoms with Crippen LogP contribution >= 0.6 is 0 Å². The number of para-hydroxylation sites is 1. The molecule has 4 aromatic rings. The summed E-state index contributed by atoms with van der Waals surface area (Å²) in [5.41, 5.74) is 2.34. The van der Waals surface area contributed by atoms with Gasteiger partial charge in [-0.3, -0.25) is 4.79 Å². The average Bonchev–Trinajstić information content (AvgIpc) is 3.37. The highest BCUT2D eigenvalue weighted by Gasteiger charge is 2.32. The minimum Gasteiger partial charge on any atom is -0.476 e. The lowest BCUT2D eigenvalue weighted by atomic mass is 9.95. The Labute approximate surface area is 211 Å². The van der Waals surface area contributed by atoms with E-state index in [9.17, 15) is 18.0 Å². The second-order valence-corrected chi connectivity index (χ2v) is 8.82. The van der Waals surface area contributed by atoms with Gasteiger partial charge in [-0.1, -0.05) is 36.4 Å². The van der Waals surface area contributed by atoms with Crippen molar-refractivity contribution in [3.05, 3.63) is 73.1 Å². The number of methoxy groups -OCH3 is 1. The molecule has 0 saturated heterocycles. The van der Waals surface area contributed by atoms with Gasteiger partial charge in [0.25, 0.3) is 0 Å². The van der Waals surface area contributed by atoms with Crippen LogP contribution in [-0.4, -0.2) is 41.0 Å². The van der Waals surface area contributed by atoms with Crippen molar-refractivity contribution in [2.75, 3.05) is 13.7 Å². The van der Waals surface area contributed by atoms with E-state index in [0.717, 1.165) is 16.7 Å². The van der Waals surface area contributed by atoms with Crippen LogP contribution in [0.15, 0.2) is 73.1 Å². The summed E-state index contributed by atoms with van der Waals surface area (Å²) < 4.78 is 52.8. The van der Waals surface area contributed by atoms with E-state index < -0.39 is 11.8 Å². The molecule has 0 radical (unpaired) electrons. The first-order valence-corrected chi connectivity index (χ1v) is 11.2. The van der Waals surface area contributed by atoms with Gasteiger partial charge < -0.3 is 19.2 Å². The number of hydrogen-bond donors (Lipinski definition) is 1. The average molecular weight is 512 g/mol. The summed E-state index contributed by atoms with van der Waals surface area (Å²) in [4.78, 5) is 23.5. The summed E-state index contributed by atoms with van der Waals surface area (Å²) in [5.74, 6) is 0.203. The maximum absolute atomic E-state index is 12.8. The van der Waals surface area contributed by atoms with Crippen LogP contribution in [-0.2, 0) is 9.53 Å². The van der Waals surface area contributed by atoms with Crippen LogP contribution in [0.25, 0.3) is 33.8 Å². The van der Waals surface area contributed by atoms with E-state index in [-0.39, 0.29) is 23.9 Å². The Balaban J connectivity index is 1.46. The Morgan fingerprint density at radius 3 is 2.22 bits per heavy atom. The van der Waals surface area contributed by atoms with Crippen LogP contribution in [0.3, 0.4) is 0 Å². The first-order valence-electron chi connectivity index (χ1n) is 11.2. The molecule has 0 aliphatic carbocycles. The van der Waals surface area contributed by atoms with Gasteiger partial charge in [-0.25, -0.2) is 9.97 Å². The van der Waals surface area contributed by atoms with E-state index in [2.05, 4.69) is 19.7 Å². The van der Waals surface area contributed by atoms with Gasteiger partial charge in [-0.05, 0) is 37.6 Å². The van der Waals surface area contributed by atoms with Gasteiger partial charge in [0.15, 0.2) is 0 Å². The number of pyridine rings is 1. The van der Waals surface area contributed by atoms with Gasteiger partial charge >= 0.3 is 12.3 Å². The third-order valence-electron chi connectivity index (χ3n) is 5.53. The second kappa shape index (κ2) is 10.3. The van der Waals surface area contributed by atoms with E-state index >= 15 is 0 Å². The molecule has 10 heteroatoms. The van der Waals surface area contributed by atoms with Crippen molar-refractivity contribution in [1.29, 1.82) is 0 Å². The number of benzene rings is 2. The molecule has 1 N–H and O–H groups in total. The number of aromatic amines is 1. The molecule has 37 heavy (non-hydrogen) atoms. The number of H-pyrrole nitrogens is 1. The molecule has 192 valence electrons. The molecule has 0 aliphatic heterocycles. The highest BCUT2D eigenvalue weighted by molar-refractivity contribution is 5.76. The van der Waals surface area contributed by atoms with Crippen molar-refractivity contribution in [2.45, 2.75) is 20.2 Å². The molecule has 0 bridgehead atoms. The summed E-state index contributed by atoms with van der Waals surface area (Å²) in [6.07, 6.45) is -1.67. The SMILES string of the molecule is COC(=O)C(C)(C)COc1ccc(-c2ccc(-c3ncc(-c4ccccc4OC(F)(F)F)[nH]3)cc2)cn1. The lowest BCUT2D eigenvalue weighted by Gasteiger charge is -2.21. The maximum atomic E-state index is 12.8. The Hall–Kier alpha value is -4.34. The highest BCUT2D eigenvalue weighted by Crippen LogP contribution is 2.34. The van der Waals surface area contributed by atoms with Gasteiger partial charge in [0.2, 0.25) is 5.88 Å². The van der Waals surface area contributed by atoms with Gasteiger partial charge in [0.1, 0.15) is 18.2 Å². The van der Waals surface area contributed by atoms with Crippen molar-refractivity contribution in [3.8, 4) is 45.4 Å². The lowest BCUT2D eigenvalue weighted by molar-refractivity contribution is -0.274. The molecule has 2 heterocycles. The number of esters is 1. The molecule has 0 unspecified atom stereocenters. The minimum atomic E-state index is -4.80. The lowest BCUT2D eigenvalue weighted by Crippen LogP contribution is -2.32. The Morgan fingerprint density at radius 1 is 0.892 bits per heavy atom. The third-order valence-corrected chi connectivity index (χ3v) is 5.53. The normalized spacial score (nSPS) is 11.7. The van der Waals surface area contributed by atoms with Gasteiger partial charge in [-0.2, -0.15) is 0 Å². The summed E-state index contributed by atoms with van der Waals surface area (Å²) in [7, 11) is 1.33. The number of carbonyl (C=O) groups excluding carboxylic acids is 1. The number of nitrogens with one attached hydrogen (secondary N) is 1. The number of rotatable bonds is 8. The number of imidazole rings is 1. The zero-order chi connectivity index (χ0) is 26.6. The number of alkyl halides is 3. The Bertz CT molecular complexity index is 1360. The largest absolute Gasteiger partial charge is 0.573 e. The molecular formula is C27H24F3N3O4. The van der Waals surface area contributed by atoms with Crippen LogP contribution in [0.4, 0.5) is 13.2 Å². The van der Waals surface area contributed by atoms with E-state index in [1.54, 1.807) is 32.2 Å². The third kappa shape index (κ3) is 6.27. The predicted molar refractivity (Wildman–Crippen MR) is 131 cm³/mol. The van der Waals surface area contributed by atoms with Crippen LogP contribution in [0.1, 0.15) is 13.8 Å². The molecule has 0 atom stereocenters. The molecule has 2 aromatic carbocycles. The number of aromatic nitrogens is 3. The minimum absolute atomic E-state index is 0.124. The Kier molecular flexibility index (Phi) is 7.19. The maximum Gasteiger partial charge on any atom is 0.573 e. The predicted octanol–water partition coefficient (Wildman–Crippen LogP) is 6.28. The molecule has 4 rings (SSSR count). The molecule has 0 amide bonds. The molecule has 7 nitrogen and oxygen atoms in total. The first-order chi connectivity index (χ1) is 17.6. The fourth-order valence-electron chi connectivity index (χ4n) is 3.55. The molecule has 2 aromatic heterocycles. The van der Waals surface area contributed by atoms with Crippen molar-refractivity contribution >= 4 is 5.97 Å². The van der Waals surface area contributed by atoms with Crippen molar-refractivity contribution in [3.63, 3.8) is 0 Å². The van der Waals surface area contributed by atoms with Gasteiger partial charge in [0, 0.05) is 29.0 Å². The number of hydrogen-bond acceptors (Lipinski definition) is 6. The van der Waals surface area contributed by atoms with Crippen molar-refractivity contribution in [2.24, 2.45) is 5.41 Å². The van der Waals surface area contributed by atoms with Gasteiger partial charge in [-0.15, -0.1) is 13.2 Å². The molecule has 0 aliphatic rings. The molecule has 0 saturated carbocycles. The number of nitrogens with zero attached hydrogens (tertiary/aromatic N) is 2. The zero-order valence-corrected chi connectivity index (χ0v) is 20.3. The summed E-state index contributed by atoms with van der Waals surface area (Å²) in [5, 5.41) is 0. The van der Waals surface area contributed by atoms with Crippen LogP contribution in [0.2, 0.25) is 0 Å². The monoisotopic (exact) mass is 511 g/mol. The fourth-order valence-corrected chi connectivity index (χ4v) is 3.55. The first kappa shape index (κ1) is 25.7. The number of carbonyl (C=O) groups is 1. The Morgan fingerprint density at radius 2 is 1.57 bits per heavy atom. The molecule has 0 fully saturated rings. The van der Waals surface area contributed by atoms with E-state index in [4.69, 9.17) is 9.47 Å². The standard InChI is InChI=1S/C27H24F3N3O4/c1-26(2,25(34)35-3)16-36-23-13-12-19(14-31-23)17-8-10-18(11-9-17)24-32-15-21(33-24)20-6-4-5-7-22(20)37-27(28,29)30/h4-15H,16H2,1-3H3,(H,32,33). The van der Waals surface area contributed by atoms with Crippen LogP contribution < -0.4 is 9.47 Å². The fraction of sp³-hybridized carbons (Fsp3) is 0.222. The highest BCUT2D eigenvalue weighted by atomic mass is 19.4. The number of ether oxygens (including phenoxy) is 3. The van der Waals surface area contributed by atoms with Crippen molar-refractivity contribution in [1.82, 2.24) is 15.0 Å². The second-order valence-electron chi connectivity index (χ2n) is 8.82. The molecule has 0 spiro atoms. The topological polar surface area (TPSA) is 86.3 Å². The summed E-state index contributed by atoms with van der Waals surface area (Å²) in [6.45, 7) is 3.58. The quantitative estimate of drug-likeness (QED) is 0.280. The van der Waals surface area contributed by atoms with E-state index in [0.29, 0.717) is 17.4 Å². The summed E-state index contributed by atoms with van der Waals surface area (Å²) >= 11 is 0. The zero-order valence-electron chi connectivity index (χ0n) is 20.3. The smallest absolute Gasteiger partial charge is 0.476 e. The van der Waals surface area contributed by atoms with E-state index in [1.165, 1.54) is 31.5 Å². The molecular weight excluding hydrogens is 487 g/mol. The number of halogens is 3.